The fraction of sp³-hybridized carbons (Fsp3) is 0.125. The highest BCUT2D eigenvalue weighted by Gasteiger charge is 2.31. The summed E-state index contributed by atoms with van der Waals surface area (Å²) in [6, 6.07) is 7.70. The van der Waals surface area contributed by atoms with Gasteiger partial charge < -0.3 is 14.6 Å². The summed E-state index contributed by atoms with van der Waals surface area (Å²) in [5.74, 6) is -1.37. The van der Waals surface area contributed by atoms with Gasteiger partial charge in [0.1, 0.15) is 18.1 Å². The van der Waals surface area contributed by atoms with E-state index >= 15 is 0 Å². The molecule has 0 atom stereocenters. The van der Waals surface area contributed by atoms with E-state index in [0.717, 1.165) is 12.1 Å². The van der Waals surface area contributed by atoms with Crippen molar-refractivity contribution in [1.82, 2.24) is 4.98 Å². The lowest BCUT2D eigenvalue weighted by Gasteiger charge is -2.12. The third-order valence-electron chi connectivity index (χ3n) is 2.82. The molecule has 0 amide bonds. The Morgan fingerprint density at radius 2 is 1.92 bits per heavy atom. The van der Waals surface area contributed by atoms with Gasteiger partial charge in [-0.1, -0.05) is 12.6 Å². The van der Waals surface area contributed by atoms with Gasteiger partial charge in [0.2, 0.25) is 0 Å². The highest BCUT2D eigenvalue weighted by molar-refractivity contribution is 5.88. The van der Waals surface area contributed by atoms with Gasteiger partial charge in [-0.2, -0.15) is 0 Å². The molecule has 1 heterocycles. The molecule has 126 valence electrons. The number of carbonyl (C=O) groups is 1. The number of hydrogen-bond acceptors (Lipinski definition) is 4. The number of alkyl halides is 3. The molecule has 2 rings (SSSR count). The zero-order chi connectivity index (χ0) is 17.7. The summed E-state index contributed by atoms with van der Waals surface area (Å²) < 4.78 is 45.7. The van der Waals surface area contributed by atoms with E-state index < -0.39 is 18.1 Å². The second kappa shape index (κ2) is 7.03. The summed E-state index contributed by atoms with van der Waals surface area (Å²) in [6.45, 7) is 3.65. The molecule has 0 aliphatic rings. The molecular formula is C16H12F3NO4. The lowest BCUT2D eigenvalue weighted by atomic mass is 10.1. The lowest BCUT2D eigenvalue weighted by molar-refractivity contribution is -0.274. The summed E-state index contributed by atoms with van der Waals surface area (Å²) in [5, 5.41) is 8.93. The fourth-order valence-electron chi connectivity index (χ4n) is 1.76. The fourth-order valence-corrected chi connectivity index (χ4v) is 1.76. The molecule has 24 heavy (non-hydrogen) atoms. The Labute approximate surface area is 135 Å². The molecule has 0 radical (unpaired) electrons. The quantitative estimate of drug-likeness (QED) is 0.868. The van der Waals surface area contributed by atoms with Crippen LogP contribution in [0.4, 0.5) is 13.2 Å². The number of rotatable bonds is 6. The number of ether oxygens (including phenoxy) is 2. The third kappa shape index (κ3) is 5.01. The zero-order valence-corrected chi connectivity index (χ0v) is 12.2. The smallest absolute Gasteiger partial charge is 0.489 e. The highest BCUT2D eigenvalue weighted by Crippen LogP contribution is 2.26. The van der Waals surface area contributed by atoms with Crippen molar-refractivity contribution < 1.29 is 32.5 Å². The van der Waals surface area contributed by atoms with Crippen LogP contribution in [-0.4, -0.2) is 29.0 Å². The Bertz CT molecular complexity index is 759. The van der Waals surface area contributed by atoms with Crippen molar-refractivity contribution in [3.05, 3.63) is 60.4 Å². The summed E-state index contributed by atoms with van der Waals surface area (Å²) in [4.78, 5) is 14.9. The minimum absolute atomic E-state index is 0.0433. The van der Waals surface area contributed by atoms with Crippen molar-refractivity contribution in [2.24, 2.45) is 0 Å². The monoisotopic (exact) mass is 339 g/mol. The Morgan fingerprint density at radius 3 is 2.58 bits per heavy atom. The van der Waals surface area contributed by atoms with Crippen LogP contribution in [0.3, 0.4) is 0 Å². The van der Waals surface area contributed by atoms with E-state index in [9.17, 15) is 18.0 Å². The molecule has 0 fully saturated rings. The topological polar surface area (TPSA) is 68.7 Å². The molecule has 5 nitrogen and oxygen atoms in total. The van der Waals surface area contributed by atoms with E-state index in [1.807, 2.05) is 0 Å². The van der Waals surface area contributed by atoms with E-state index in [4.69, 9.17) is 9.84 Å². The molecule has 0 unspecified atom stereocenters. The number of aromatic nitrogens is 1. The molecule has 0 spiro atoms. The number of carboxylic acid groups (broad SMARTS) is 1. The van der Waals surface area contributed by atoms with Gasteiger partial charge in [-0.3, -0.25) is 4.98 Å². The maximum Gasteiger partial charge on any atom is 0.573 e. The van der Waals surface area contributed by atoms with Crippen molar-refractivity contribution in [1.29, 1.82) is 0 Å². The number of carboxylic acids is 1. The SMILES string of the molecule is C=C(COc1cccc(OC(F)(F)F)c1)c1cc(C(=O)O)ccn1. The summed E-state index contributed by atoms with van der Waals surface area (Å²) in [6.07, 6.45) is -3.47. The minimum atomic E-state index is -4.79. The van der Waals surface area contributed by atoms with Crippen LogP contribution in [0.15, 0.2) is 49.2 Å². The van der Waals surface area contributed by atoms with Gasteiger partial charge in [-0.15, -0.1) is 13.2 Å². The van der Waals surface area contributed by atoms with Gasteiger partial charge in [0.25, 0.3) is 0 Å². The van der Waals surface area contributed by atoms with Crippen molar-refractivity contribution in [3.63, 3.8) is 0 Å². The number of aromatic carboxylic acids is 1. The van der Waals surface area contributed by atoms with Crippen LogP contribution >= 0.6 is 0 Å². The predicted molar refractivity (Wildman–Crippen MR) is 78.9 cm³/mol. The van der Waals surface area contributed by atoms with Gasteiger partial charge in [0.15, 0.2) is 0 Å². The normalized spacial score (nSPS) is 11.0. The molecular weight excluding hydrogens is 327 g/mol. The molecule has 8 heteroatoms. The second-order valence-corrected chi connectivity index (χ2v) is 4.65. The van der Waals surface area contributed by atoms with E-state index in [1.54, 1.807) is 0 Å². The van der Waals surface area contributed by atoms with E-state index in [-0.39, 0.29) is 17.9 Å². The maximum atomic E-state index is 12.2. The summed E-state index contributed by atoms with van der Waals surface area (Å²) in [7, 11) is 0. The van der Waals surface area contributed by atoms with Crippen LogP contribution in [0.2, 0.25) is 0 Å². The summed E-state index contributed by atoms with van der Waals surface area (Å²) in [5.41, 5.74) is 0.736. The van der Waals surface area contributed by atoms with Crippen LogP contribution in [0.5, 0.6) is 11.5 Å². The van der Waals surface area contributed by atoms with Crippen LogP contribution in [0.25, 0.3) is 5.57 Å². The largest absolute Gasteiger partial charge is 0.573 e. The standard InChI is InChI=1S/C16H12F3NO4/c1-10(14-7-11(15(21)22)5-6-20-14)9-23-12-3-2-4-13(8-12)24-16(17,18)19/h2-8H,1,9H2,(H,21,22). The second-order valence-electron chi connectivity index (χ2n) is 4.65. The summed E-state index contributed by atoms with van der Waals surface area (Å²) >= 11 is 0. The molecule has 1 N–H and O–H groups in total. The third-order valence-corrected chi connectivity index (χ3v) is 2.82. The highest BCUT2D eigenvalue weighted by atomic mass is 19.4. The first-order chi connectivity index (χ1) is 11.2. The molecule has 0 saturated carbocycles. The average Bonchev–Trinajstić information content (AvgIpc) is 2.51. The Hall–Kier alpha value is -3.03. The van der Waals surface area contributed by atoms with Crippen LogP contribution < -0.4 is 9.47 Å². The van der Waals surface area contributed by atoms with E-state index in [0.29, 0.717) is 11.3 Å². The van der Waals surface area contributed by atoms with E-state index in [1.165, 1.54) is 30.5 Å². The van der Waals surface area contributed by atoms with Crippen molar-refractivity contribution in [2.75, 3.05) is 6.61 Å². The maximum absolute atomic E-state index is 12.2. The van der Waals surface area contributed by atoms with Crippen LogP contribution in [-0.2, 0) is 0 Å². The Kier molecular flexibility index (Phi) is 5.08. The number of halogens is 3. The Balaban J connectivity index is 2.03. The molecule has 1 aromatic heterocycles. The molecule has 0 aliphatic carbocycles. The van der Waals surface area contributed by atoms with Gasteiger partial charge in [-0.05, 0) is 24.3 Å². The first-order valence-corrected chi connectivity index (χ1v) is 6.61. The van der Waals surface area contributed by atoms with Crippen LogP contribution in [0, 0.1) is 0 Å². The number of hydrogen-bond donors (Lipinski definition) is 1. The van der Waals surface area contributed by atoms with Crippen molar-refractivity contribution in [2.45, 2.75) is 6.36 Å². The molecule has 0 bridgehead atoms. The van der Waals surface area contributed by atoms with Gasteiger partial charge in [-0.25, -0.2) is 4.79 Å². The molecule has 0 saturated heterocycles. The van der Waals surface area contributed by atoms with Crippen molar-refractivity contribution >= 4 is 11.5 Å². The minimum Gasteiger partial charge on any atom is -0.489 e. The van der Waals surface area contributed by atoms with Crippen LogP contribution in [0.1, 0.15) is 16.1 Å². The van der Waals surface area contributed by atoms with Gasteiger partial charge >= 0.3 is 12.3 Å². The number of benzene rings is 1. The first kappa shape index (κ1) is 17.3. The Morgan fingerprint density at radius 1 is 1.21 bits per heavy atom. The number of nitrogens with zero attached hydrogens (tertiary/aromatic N) is 1. The van der Waals surface area contributed by atoms with Gasteiger partial charge in [0.05, 0.1) is 11.3 Å². The number of pyridine rings is 1. The molecule has 2 aromatic rings. The lowest BCUT2D eigenvalue weighted by Crippen LogP contribution is -2.17. The van der Waals surface area contributed by atoms with Crippen molar-refractivity contribution in [3.8, 4) is 11.5 Å². The predicted octanol–water partition coefficient (Wildman–Crippen LogP) is 3.77. The van der Waals surface area contributed by atoms with Gasteiger partial charge in [0, 0.05) is 17.8 Å². The molecule has 1 aromatic carbocycles. The average molecular weight is 339 g/mol. The molecule has 0 aliphatic heterocycles. The first-order valence-electron chi connectivity index (χ1n) is 6.61. The zero-order valence-electron chi connectivity index (χ0n) is 12.2. The van der Waals surface area contributed by atoms with E-state index in [2.05, 4.69) is 16.3 Å².